The summed E-state index contributed by atoms with van der Waals surface area (Å²) in [7, 11) is 0. The fourth-order valence-electron chi connectivity index (χ4n) is 2.30. The van der Waals surface area contributed by atoms with Gasteiger partial charge in [0.2, 0.25) is 5.88 Å². The lowest BCUT2D eigenvalue weighted by Crippen LogP contribution is -2.06. The first-order valence-electron chi connectivity index (χ1n) is 7.63. The highest BCUT2D eigenvalue weighted by Crippen LogP contribution is 2.30. The molecule has 0 N–H and O–H groups in total. The Labute approximate surface area is 135 Å². The van der Waals surface area contributed by atoms with Crippen molar-refractivity contribution in [2.45, 2.75) is 13.5 Å². The second kappa shape index (κ2) is 7.45. The van der Waals surface area contributed by atoms with Crippen LogP contribution in [0.2, 0.25) is 0 Å². The van der Waals surface area contributed by atoms with Gasteiger partial charge in [0.15, 0.2) is 0 Å². The lowest BCUT2D eigenvalue weighted by molar-refractivity contribution is 0.298. The zero-order valence-corrected chi connectivity index (χ0v) is 13.1. The highest BCUT2D eigenvalue weighted by molar-refractivity contribution is 5.69. The first-order valence-corrected chi connectivity index (χ1v) is 7.63. The van der Waals surface area contributed by atoms with Crippen LogP contribution in [0.1, 0.15) is 6.92 Å². The van der Waals surface area contributed by atoms with Crippen LogP contribution in [-0.4, -0.2) is 27.7 Å². The van der Waals surface area contributed by atoms with Crippen molar-refractivity contribution in [3.63, 3.8) is 0 Å². The quantitative estimate of drug-likeness (QED) is 0.671. The highest BCUT2D eigenvalue weighted by atomic mass is 16.5. The largest absolute Gasteiger partial charge is 0.492 e. The maximum absolute atomic E-state index is 5.83. The molecule has 0 saturated carbocycles. The fourth-order valence-corrected chi connectivity index (χ4v) is 2.30. The molecule has 0 spiro atoms. The molecular weight excluding hydrogens is 290 g/mol. The molecule has 0 radical (unpaired) electrons. The molecular formula is C18H19N3O2. The molecule has 5 heteroatoms. The van der Waals surface area contributed by atoms with Crippen molar-refractivity contribution in [1.29, 1.82) is 0 Å². The monoisotopic (exact) mass is 309 g/mol. The van der Waals surface area contributed by atoms with Crippen molar-refractivity contribution in [3.8, 4) is 22.8 Å². The van der Waals surface area contributed by atoms with Crippen LogP contribution in [0.5, 0.6) is 11.6 Å². The second-order valence-electron chi connectivity index (χ2n) is 4.97. The van der Waals surface area contributed by atoms with Crippen molar-refractivity contribution in [2.24, 2.45) is 0 Å². The average Bonchev–Trinajstić information content (AvgIpc) is 3.09. The van der Waals surface area contributed by atoms with E-state index in [4.69, 9.17) is 9.47 Å². The van der Waals surface area contributed by atoms with Gasteiger partial charge in [-0.3, -0.25) is 0 Å². The van der Waals surface area contributed by atoms with E-state index >= 15 is 0 Å². The summed E-state index contributed by atoms with van der Waals surface area (Å²) < 4.78 is 13.4. The van der Waals surface area contributed by atoms with Gasteiger partial charge in [0, 0.05) is 24.2 Å². The Kier molecular flexibility index (Phi) is 4.88. The summed E-state index contributed by atoms with van der Waals surface area (Å²) in [4.78, 5) is 8.31. The maximum Gasteiger partial charge on any atom is 0.221 e. The van der Waals surface area contributed by atoms with Gasteiger partial charge in [-0.25, -0.2) is 9.97 Å². The molecule has 23 heavy (non-hydrogen) atoms. The van der Waals surface area contributed by atoms with E-state index in [1.807, 2.05) is 54.1 Å². The summed E-state index contributed by atoms with van der Waals surface area (Å²) in [5, 5.41) is 0. The lowest BCUT2D eigenvalue weighted by Gasteiger charge is -2.11. The predicted octanol–water partition coefficient (Wildman–Crippen LogP) is 3.42. The molecule has 3 aromatic rings. The normalized spacial score (nSPS) is 10.5. The fraction of sp³-hybridized carbons (Fsp3) is 0.222. The topological polar surface area (TPSA) is 49.2 Å². The van der Waals surface area contributed by atoms with Crippen molar-refractivity contribution < 1.29 is 9.47 Å². The number of ether oxygens (including phenoxy) is 2. The summed E-state index contributed by atoms with van der Waals surface area (Å²) in [6.45, 7) is 3.89. The maximum atomic E-state index is 5.83. The van der Waals surface area contributed by atoms with Gasteiger partial charge >= 0.3 is 0 Å². The summed E-state index contributed by atoms with van der Waals surface area (Å²) in [6.07, 6.45) is 7.20. The van der Waals surface area contributed by atoms with Gasteiger partial charge in [-0.05, 0) is 36.8 Å². The van der Waals surface area contributed by atoms with Gasteiger partial charge in [0.1, 0.15) is 12.4 Å². The minimum atomic E-state index is 0.588. The van der Waals surface area contributed by atoms with Crippen LogP contribution in [0.4, 0.5) is 0 Å². The number of hydrogen-bond donors (Lipinski definition) is 0. The Hall–Kier alpha value is -2.82. The zero-order chi connectivity index (χ0) is 15.9. The third kappa shape index (κ3) is 3.88. The molecule has 2 aromatic heterocycles. The minimum absolute atomic E-state index is 0.588. The molecule has 0 bridgehead atoms. The molecule has 118 valence electrons. The van der Waals surface area contributed by atoms with Crippen molar-refractivity contribution in [2.75, 3.05) is 13.2 Å². The molecule has 0 saturated heterocycles. The van der Waals surface area contributed by atoms with E-state index in [2.05, 4.69) is 9.97 Å². The van der Waals surface area contributed by atoms with Gasteiger partial charge in [-0.2, -0.15) is 0 Å². The van der Waals surface area contributed by atoms with E-state index in [1.165, 1.54) is 0 Å². The van der Waals surface area contributed by atoms with Gasteiger partial charge in [-0.1, -0.05) is 12.1 Å². The third-order valence-corrected chi connectivity index (χ3v) is 3.37. The zero-order valence-electron chi connectivity index (χ0n) is 13.1. The SMILES string of the molecule is CCOc1ncccc1-c1cccc(OCCn2ccnc2)c1. The summed E-state index contributed by atoms with van der Waals surface area (Å²) >= 11 is 0. The van der Waals surface area contributed by atoms with Crippen molar-refractivity contribution in [1.82, 2.24) is 14.5 Å². The number of hydrogen-bond acceptors (Lipinski definition) is 4. The Balaban J connectivity index is 1.72. The van der Waals surface area contributed by atoms with Gasteiger partial charge < -0.3 is 14.0 Å². The first-order chi connectivity index (χ1) is 11.4. The molecule has 0 amide bonds. The van der Waals surface area contributed by atoms with Crippen LogP contribution in [0, 0.1) is 0 Å². The Bertz CT molecular complexity index is 742. The van der Waals surface area contributed by atoms with E-state index in [1.54, 1.807) is 18.7 Å². The Morgan fingerprint density at radius 2 is 2.04 bits per heavy atom. The van der Waals surface area contributed by atoms with Crippen LogP contribution < -0.4 is 9.47 Å². The Morgan fingerprint density at radius 3 is 2.87 bits per heavy atom. The number of nitrogens with zero attached hydrogens (tertiary/aromatic N) is 3. The molecule has 0 unspecified atom stereocenters. The van der Waals surface area contributed by atoms with E-state index in [-0.39, 0.29) is 0 Å². The van der Waals surface area contributed by atoms with Crippen molar-refractivity contribution >= 4 is 0 Å². The number of pyridine rings is 1. The molecule has 3 rings (SSSR count). The van der Waals surface area contributed by atoms with E-state index in [9.17, 15) is 0 Å². The summed E-state index contributed by atoms with van der Waals surface area (Å²) in [5.41, 5.74) is 2.00. The molecule has 5 nitrogen and oxygen atoms in total. The molecule has 1 aromatic carbocycles. The van der Waals surface area contributed by atoms with Crippen LogP contribution in [0.25, 0.3) is 11.1 Å². The summed E-state index contributed by atoms with van der Waals surface area (Å²) in [5.74, 6) is 1.47. The highest BCUT2D eigenvalue weighted by Gasteiger charge is 2.07. The first kappa shape index (κ1) is 15.1. The number of imidazole rings is 1. The molecule has 0 aliphatic heterocycles. The lowest BCUT2D eigenvalue weighted by atomic mass is 10.1. The van der Waals surface area contributed by atoms with Crippen LogP contribution in [0.15, 0.2) is 61.3 Å². The molecule has 2 heterocycles. The van der Waals surface area contributed by atoms with Crippen LogP contribution in [0.3, 0.4) is 0 Å². The predicted molar refractivity (Wildman–Crippen MR) is 88.6 cm³/mol. The molecule has 0 aliphatic rings. The number of rotatable bonds is 7. The van der Waals surface area contributed by atoms with Gasteiger partial charge in [0.25, 0.3) is 0 Å². The molecule has 0 aliphatic carbocycles. The summed E-state index contributed by atoms with van der Waals surface area (Å²) in [6, 6.07) is 11.9. The average molecular weight is 309 g/mol. The number of aromatic nitrogens is 3. The van der Waals surface area contributed by atoms with Crippen LogP contribution in [-0.2, 0) is 6.54 Å². The Morgan fingerprint density at radius 1 is 1.09 bits per heavy atom. The second-order valence-corrected chi connectivity index (χ2v) is 4.97. The van der Waals surface area contributed by atoms with E-state index < -0.39 is 0 Å². The van der Waals surface area contributed by atoms with E-state index in [0.29, 0.717) is 19.1 Å². The van der Waals surface area contributed by atoms with Crippen LogP contribution >= 0.6 is 0 Å². The number of benzene rings is 1. The minimum Gasteiger partial charge on any atom is -0.492 e. The standard InChI is InChI=1S/C18H19N3O2/c1-2-22-18-17(7-4-8-20-18)15-5-3-6-16(13-15)23-12-11-21-10-9-19-14-21/h3-10,13-14H,2,11-12H2,1H3. The molecule has 0 fully saturated rings. The van der Waals surface area contributed by atoms with Crippen molar-refractivity contribution in [3.05, 3.63) is 61.3 Å². The van der Waals surface area contributed by atoms with Gasteiger partial charge in [0.05, 0.1) is 19.5 Å². The van der Waals surface area contributed by atoms with Gasteiger partial charge in [-0.15, -0.1) is 0 Å². The van der Waals surface area contributed by atoms with E-state index in [0.717, 1.165) is 23.4 Å². The smallest absolute Gasteiger partial charge is 0.221 e. The third-order valence-electron chi connectivity index (χ3n) is 3.37. The molecule has 0 atom stereocenters.